The van der Waals surface area contributed by atoms with E-state index in [9.17, 15) is 0 Å². The normalized spacial score (nSPS) is 27.0. The highest BCUT2D eigenvalue weighted by molar-refractivity contribution is 5.13. The number of hydrogen-bond donors (Lipinski definition) is 0. The largest absolute Gasteiger partial charge is 0.373 e. The molecule has 2 aliphatic rings. The summed E-state index contributed by atoms with van der Waals surface area (Å²) in [6.45, 7) is 2.26. The molecule has 3 nitrogen and oxygen atoms in total. The van der Waals surface area contributed by atoms with Crippen LogP contribution in [-0.2, 0) is 20.8 Å². The van der Waals surface area contributed by atoms with Crippen molar-refractivity contribution in [1.29, 1.82) is 0 Å². The fourth-order valence-corrected chi connectivity index (χ4v) is 4.00. The minimum Gasteiger partial charge on any atom is -0.373 e. The quantitative estimate of drug-likeness (QED) is 0.535. The molecule has 144 valence electrons. The van der Waals surface area contributed by atoms with E-state index in [1.165, 1.54) is 50.5 Å². The number of allylic oxidation sites excluding steroid dienone is 1. The van der Waals surface area contributed by atoms with Crippen molar-refractivity contribution in [1.82, 2.24) is 0 Å². The lowest BCUT2D eigenvalue weighted by atomic mass is 9.83. The zero-order valence-electron chi connectivity index (χ0n) is 16.0. The predicted octanol–water partition coefficient (Wildman–Crippen LogP) is 5.64. The van der Waals surface area contributed by atoms with Crippen molar-refractivity contribution in [2.45, 2.75) is 76.8 Å². The molecule has 3 heteroatoms. The molecule has 1 aromatic carbocycles. The molecule has 0 amide bonds. The lowest BCUT2D eigenvalue weighted by molar-refractivity contribution is -0.155. The van der Waals surface area contributed by atoms with E-state index < -0.39 is 0 Å². The predicted molar refractivity (Wildman–Crippen MR) is 105 cm³/mol. The van der Waals surface area contributed by atoms with Crippen LogP contribution in [0.25, 0.3) is 0 Å². The van der Waals surface area contributed by atoms with Crippen LogP contribution in [0, 0.1) is 5.92 Å². The van der Waals surface area contributed by atoms with Gasteiger partial charge in [-0.25, -0.2) is 0 Å². The van der Waals surface area contributed by atoms with Crippen molar-refractivity contribution >= 4 is 0 Å². The number of ether oxygens (including phenoxy) is 3. The molecule has 1 aliphatic carbocycles. The summed E-state index contributed by atoms with van der Waals surface area (Å²) in [5.74, 6) is 0.694. The van der Waals surface area contributed by atoms with E-state index in [2.05, 4.69) is 42.5 Å². The first-order valence-corrected chi connectivity index (χ1v) is 10.5. The van der Waals surface area contributed by atoms with Crippen molar-refractivity contribution in [3.63, 3.8) is 0 Å². The van der Waals surface area contributed by atoms with Crippen LogP contribution in [0.15, 0.2) is 42.5 Å². The van der Waals surface area contributed by atoms with Gasteiger partial charge in [-0.3, -0.25) is 0 Å². The van der Waals surface area contributed by atoms with Gasteiger partial charge in [0.25, 0.3) is 0 Å². The first kappa shape index (κ1) is 19.6. The molecule has 26 heavy (non-hydrogen) atoms. The van der Waals surface area contributed by atoms with E-state index in [1.807, 2.05) is 0 Å². The number of hydrogen-bond acceptors (Lipinski definition) is 3. The molecule has 2 fully saturated rings. The van der Waals surface area contributed by atoms with E-state index in [-0.39, 0.29) is 6.29 Å². The first-order valence-electron chi connectivity index (χ1n) is 10.5. The second kappa shape index (κ2) is 11.5. The molecular formula is C23H34O3. The van der Waals surface area contributed by atoms with Gasteiger partial charge >= 0.3 is 0 Å². The second-order valence-corrected chi connectivity index (χ2v) is 7.56. The van der Waals surface area contributed by atoms with Crippen LogP contribution in [0.1, 0.15) is 63.4 Å². The fourth-order valence-electron chi connectivity index (χ4n) is 4.00. The summed E-state index contributed by atoms with van der Waals surface area (Å²) >= 11 is 0. The van der Waals surface area contributed by atoms with Gasteiger partial charge in [0.2, 0.25) is 0 Å². The molecule has 0 bridgehead atoms. The summed E-state index contributed by atoms with van der Waals surface area (Å²) < 4.78 is 17.6. The summed E-state index contributed by atoms with van der Waals surface area (Å²) in [7, 11) is 0. The summed E-state index contributed by atoms with van der Waals surface area (Å²) in [6.07, 6.45) is 15.8. The Morgan fingerprint density at radius 3 is 2.62 bits per heavy atom. The van der Waals surface area contributed by atoms with Gasteiger partial charge < -0.3 is 14.2 Å². The highest BCUT2D eigenvalue weighted by atomic mass is 16.7. The van der Waals surface area contributed by atoms with Crippen molar-refractivity contribution in [2.24, 2.45) is 5.92 Å². The van der Waals surface area contributed by atoms with E-state index in [1.54, 1.807) is 0 Å². The van der Waals surface area contributed by atoms with Crippen LogP contribution in [0.2, 0.25) is 0 Å². The Hall–Kier alpha value is -1.16. The van der Waals surface area contributed by atoms with Gasteiger partial charge in [-0.05, 0) is 56.4 Å². The maximum Gasteiger partial charge on any atom is 0.157 e. The highest BCUT2D eigenvalue weighted by Gasteiger charge is 2.25. The lowest BCUT2D eigenvalue weighted by Crippen LogP contribution is -2.27. The van der Waals surface area contributed by atoms with Crippen LogP contribution in [0.3, 0.4) is 0 Å². The maximum absolute atomic E-state index is 6.27. The summed E-state index contributed by atoms with van der Waals surface area (Å²) in [5.41, 5.74) is 1.28. The van der Waals surface area contributed by atoms with Crippen LogP contribution in [0.5, 0.6) is 0 Å². The smallest absolute Gasteiger partial charge is 0.157 e. The fraction of sp³-hybridized carbons (Fsp3) is 0.652. The average Bonchev–Trinajstić information content (AvgIpc) is 2.71. The average molecular weight is 359 g/mol. The third-order valence-electron chi connectivity index (χ3n) is 5.53. The topological polar surface area (TPSA) is 27.7 Å². The zero-order valence-corrected chi connectivity index (χ0v) is 16.0. The molecule has 1 aliphatic heterocycles. The van der Waals surface area contributed by atoms with Gasteiger partial charge in [-0.15, -0.1) is 0 Å². The standard InChI is InChI=1S/C23H34O3/c1-3-11-20(12-4-1)19-26-22-15-7-6-14-21(22)13-5-2-9-17-24-23-16-8-10-18-25-23/h1-4,9,11-12,21-23H,5-8,10,13-19H2/b9-2+/t21-,22?,23+/m0/s1. The summed E-state index contributed by atoms with van der Waals surface area (Å²) in [5, 5.41) is 0. The van der Waals surface area contributed by atoms with Gasteiger partial charge in [0, 0.05) is 6.61 Å². The minimum atomic E-state index is 0.0162. The molecule has 3 atom stereocenters. The van der Waals surface area contributed by atoms with Gasteiger partial charge in [-0.1, -0.05) is 55.3 Å². The summed E-state index contributed by atoms with van der Waals surface area (Å²) in [6, 6.07) is 10.5. The molecule has 0 aromatic heterocycles. The van der Waals surface area contributed by atoms with Crippen LogP contribution in [0.4, 0.5) is 0 Å². The van der Waals surface area contributed by atoms with E-state index in [0.29, 0.717) is 18.6 Å². The zero-order chi connectivity index (χ0) is 17.9. The van der Waals surface area contributed by atoms with Gasteiger partial charge in [0.1, 0.15) is 0 Å². The highest BCUT2D eigenvalue weighted by Crippen LogP contribution is 2.31. The third-order valence-corrected chi connectivity index (χ3v) is 5.53. The number of benzene rings is 1. The Kier molecular flexibility index (Phi) is 8.69. The molecule has 1 saturated heterocycles. The third kappa shape index (κ3) is 6.86. The molecule has 0 spiro atoms. The lowest BCUT2D eigenvalue weighted by Gasteiger charge is -2.31. The van der Waals surface area contributed by atoms with Crippen molar-refractivity contribution in [3.05, 3.63) is 48.0 Å². The van der Waals surface area contributed by atoms with Crippen molar-refractivity contribution in [2.75, 3.05) is 13.2 Å². The van der Waals surface area contributed by atoms with Crippen LogP contribution in [-0.4, -0.2) is 25.6 Å². The van der Waals surface area contributed by atoms with Gasteiger partial charge in [-0.2, -0.15) is 0 Å². The Morgan fingerprint density at radius 1 is 0.923 bits per heavy atom. The Morgan fingerprint density at radius 2 is 1.77 bits per heavy atom. The van der Waals surface area contributed by atoms with Crippen molar-refractivity contribution in [3.8, 4) is 0 Å². The maximum atomic E-state index is 6.27. The van der Waals surface area contributed by atoms with E-state index >= 15 is 0 Å². The Bertz CT molecular complexity index is 507. The van der Waals surface area contributed by atoms with Crippen molar-refractivity contribution < 1.29 is 14.2 Å². The SMILES string of the molecule is C(=C\CO[C@H]1CCCCO1)/CC[C@H]1CCCCC1OCc1ccccc1. The number of rotatable bonds is 9. The Labute approximate surface area is 158 Å². The molecule has 1 heterocycles. The molecule has 0 radical (unpaired) electrons. The van der Waals surface area contributed by atoms with Crippen LogP contribution >= 0.6 is 0 Å². The monoisotopic (exact) mass is 358 g/mol. The van der Waals surface area contributed by atoms with Crippen LogP contribution < -0.4 is 0 Å². The molecule has 1 aromatic rings. The second-order valence-electron chi connectivity index (χ2n) is 7.56. The minimum absolute atomic E-state index is 0.0162. The summed E-state index contributed by atoms with van der Waals surface area (Å²) in [4.78, 5) is 0. The molecule has 1 unspecified atom stereocenters. The Balaban J connectivity index is 1.33. The van der Waals surface area contributed by atoms with Gasteiger partial charge in [0.05, 0.1) is 19.3 Å². The molecular weight excluding hydrogens is 324 g/mol. The van der Waals surface area contributed by atoms with E-state index in [4.69, 9.17) is 14.2 Å². The van der Waals surface area contributed by atoms with Gasteiger partial charge in [0.15, 0.2) is 6.29 Å². The first-order chi connectivity index (χ1) is 12.9. The van der Waals surface area contributed by atoms with E-state index in [0.717, 1.165) is 26.1 Å². The molecule has 0 N–H and O–H groups in total. The molecule has 1 saturated carbocycles. The molecule has 3 rings (SSSR count).